The first-order valence-electron chi connectivity index (χ1n) is 9.43. The lowest BCUT2D eigenvalue weighted by molar-refractivity contribution is 0.227. The minimum absolute atomic E-state index is 0.00211. The summed E-state index contributed by atoms with van der Waals surface area (Å²) in [5, 5.41) is 9.70. The molecule has 0 aliphatic rings. The van der Waals surface area contributed by atoms with E-state index >= 15 is 0 Å². The predicted molar refractivity (Wildman–Crippen MR) is 107 cm³/mol. The first-order valence-corrected chi connectivity index (χ1v) is 9.43. The predicted octanol–water partition coefficient (Wildman–Crippen LogP) is 4.19. The maximum absolute atomic E-state index is 9.70. The maximum atomic E-state index is 9.70. The molecule has 3 aromatic rings. The number of fused-ring (bicyclic) bond motifs is 1. The fraction of sp³-hybridized carbons (Fsp3) is 0.476. The largest absolute Gasteiger partial charge is 0.480 e. The third-order valence-corrected chi connectivity index (χ3v) is 5.00. The SMILES string of the molecule is CC[C@H](CO)n1cc(C)c2nc(-c3ccc(C(C)C)nc3OC)c(C)nc21. The number of aliphatic hydroxyl groups excluding tert-OH is 1. The Morgan fingerprint density at radius 2 is 1.89 bits per heavy atom. The van der Waals surface area contributed by atoms with Crippen LogP contribution in [0.1, 0.15) is 56.1 Å². The second-order valence-electron chi connectivity index (χ2n) is 7.24. The van der Waals surface area contributed by atoms with Gasteiger partial charge < -0.3 is 14.4 Å². The molecule has 0 spiro atoms. The molecule has 0 unspecified atom stereocenters. The van der Waals surface area contributed by atoms with Gasteiger partial charge in [-0.3, -0.25) is 0 Å². The molecule has 3 aromatic heterocycles. The average molecular weight is 368 g/mol. The number of nitrogens with zero attached hydrogens (tertiary/aromatic N) is 4. The zero-order valence-electron chi connectivity index (χ0n) is 16.9. The molecule has 6 heteroatoms. The molecule has 0 aliphatic carbocycles. The standard InChI is InChI=1S/C21H28N4O2/c1-7-15(11-26)25-10-13(4)18-20(25)22-14(5)19(24-18)16-8-9-17(12(2)3)23-21(16)27-6/h8-10,12,15,26H,7,11H2,1-6H3/t15-/m1/s1. The van der Waals surface area contributed by atoms with Crippen molar-refractivity contribution in [2.45, 2.75) is 53.0 Å². The molecule has 0 radical (unpaired) electrons. The number of pyridine rings is 1. The van der Waals surface area contributed by atoms with E-state index in [1.807, 2.05) is 36.7 Å². The molecule has 0 amide bonds. The number of hydrogen-bond donors (Lipinski definition) is 1. The minimum Gasteiger partial charge on any atom is -0.480 e. The highest BCUT2D eigenvalue weighted by Crippen LogP contribution is 2.33. The Balaban J connectivity index is 2.20. The summed E-state index contributed by atoms with van der Waals surface area (Å²) in [7, 11) is 1.63. The summed E-state index contributed by atoms with van der Waals surface area (Å²) >= 11 is 0. The molecule has 6 nitrogen and oxygen atoms in total. The van der Waals surface area contributed by atoms with Crippen LogP contribution in [0.25, 0.3) is 22.4 Å². The summed E-state index contributed by atoms with van der Waals surface area (Å²) < 4.78 is 7.58. The molecule has 0 saturated carbocycles. The van der Waals surface area contributed by atoms with E-state index < -0.39 is 0 Å². The van der Waals surface area contributed by atoms with Crippen LogP contribution in [0.5, 0.6) is 5.88 Å². The van der Waals surface area contributed by atoms with E-state index in [1.165, 1.54) is 0 Å². The van der Waals surface area contributed by atoms with Gasteiger partial charge in [-0.05, 0) is 43.9 Å². The highest BCUT2D eigenvalue weighted by Gasteiger charge is 2.20. The molecular weight excluding hydrogens is 340 g/mol. The number of hydrogen-bond acceptors (Lipinski definition) is 5. The van der Waals surface area contributed by atoms with E-state index in [-0.39, 0.29) is 12.6 Å². The zero-order chi connectivity index (χ0) is 19.7. The van der Waals surface area contributed by atoms with Crippen LogP contribution >= 0.6 is 0 Å². The number of aryl methyl sites for hydroxylation is 2. The van der Waals surface area contributed by atoms with Gasteiger partial charge in [0, 0.05) is 11.9 Å². The van der Waals surface area contributed by atoms with Crippen LogP contribution in [0.3, 0.4) is 0 Å². The number of rotatable bonds is 6. The van der Waals surface area contributed by atoms with Gasteiger partial charge in [0.25, 0.3) is 0 Å². The van der Waals surface area contributed by atoms with Crippen LogP contribution in [0.2, 0.25) is 0 Å². The molecular formula is C21H28N4O2. The normalized spacial score (nSPS) is 12.7. The number of methoxy groups -OCH3 is 1. The van der Waals surface area contributed by atoms with Crippen molar-refractivity contribution in [3.63, 3.8) is 0 Å². The van der Waals surface area contributed by atoms with Gasteiger partial charge in [0.15, 0.2) is 5.65 Å². The van der Waals surface area contributed by atoms with Gasteiger partial charge in [-0.2, -0.15) is 0 Å². The second kappa shape index (κ2) is 7.64. The van der Waals surface area contributed by atoms with E-state index in [4.69, 9.17) is 14.7 Å². The fourth-order valence-corrected chi connectivity index (χ4v) is 3.34. The molecule has 144 valence electrons. The molecule has 3 heterocycles. The van der Waals surface area contributed by atoms with Gasteiger partial charge in [0.1, 0.15) is 5.52 Å². The Morgan fingerprint density at radius 1 is 1.15 bits per heavy atom. The Labute approximate surface area is 160 Å². The average Bonchev–Trinajstić information content (AvgIpc) is 2.97. The second-order valence-corrected chi connectivity index (χ2v) is 7.24. The first-order chi connectivity index (χ1) is 12.9. The molecule has 1 N–H and O–H groups in total. The Morgan fingerprint density at radius 3 is 2.48 bits per heavy atom. The van der Waals surface area contributed by atoms with Gasteiger partial charge in [0.2, 0.25) is 5.88 Å². The van der Waals surface area contributed by atoms with E-state index in [2.05, 4.69) is 25.8 Å². The smallest absolute Gasteiger partial charge is 0.222 e. The molecule has 27 heavy (non-hydrogen) atoms. The van der Waals surface area contributed by atoms with Crippen molar-refractivity contribution in [3.05, 3.63) is 35.3 Å². The minimum atomic E-state index is 0.00211. The number of aromatic nitrogens is 4. The molecule has 0 saturated heterocycles. The van der Waals surface area contributed by atoms with E-state index in [0.717, 1.165) is 45.8 Å². The summed E-state index contributed by atoms with van der Waals surface area (Å²) in [5.41, 5.74) is 6.11. The lowest BCUT2D eigenvalue weighted by Crippen LogP contribution is -2.12. The summed E-state index contributed by atoms with van der Waals surface area (Å²) in [4.78, 5) is 14.4. The van der Waals surface area contributed by atoms with Crippen molar-refractivity contribution >= 4 is 11.2 Å². The van der Waals surface area contributed by atoms with Crippen LogP contribution in [0.4, 0.5) is 0 Å². The van der Waals surface area contributed by atoms with Crippen molar-refractivity contribution < 1.29 is 9.84 Å². The number of aliphatic hydroxyl groups is 1. The third kappa shape index (κ3) is 3.41. The van der Waals surface area contributed by atoms with E-state index in [9.17, 15) is 5.11 Å². The summed E-state index contributed by atoms with van der Waals surface area (Å²) in [6.45, 7) is 10.3. The topological polar surface area (TPSA) is 73.1 Å². The Hall–Kier alpha value is -2.47. The molecule has 0 bridgehead atoms. The van der Waals surface area contributed by atoms with Gasteiger partial charge in [0.05, 0.1) is 36.7 Å². The van der Waals surface area contributed by atoms with Crippen molar-refractivity contribution in [3.8, 4) is 17.1 Å². The van der Waals surface area contributed by atoms with Gasteiger partial charge in [-0.25, -0.2) is 15.0 Å². The molecule has 1 atom stereocenters. The van der Waals surface area contributed by atoms with Crippen LogP contribution in [-0.2, 0) is 0 Å². The monoisotopic (exact) mass is 368 g/mol. The van der Waals surface area contributed by atoms with Gasteiger partial charge in [-0.15, -0.1) is 0 Å². The summed E-state index contributed by atoms with van der Waals surface area (Å²) in [6.07, 6.45) is 2.85. The molecule has 0 aliphatic heterocycles. The molecule has 0 aromatic carbocycles. The number of ether oxygens (including phenoxy) is 1. The summed E-state index contributed by atoms with van der Waals surface area (Å²) in [6, 6.07) is 4.03. The van der Waals surface area contributed by atoms with Gasteiger partial charge in [-0.1, -0.05) is 20.8 Å². The van der Waals surface area contributed by atoms with Crippen LogP contribution < -0.4 is 4.74 Å². The third-order valence-electron chi connectivity index (χ3n) is 5.00. The lowest BCUT2D eigenvalue weighted by atomic mass is 10.1. The lowest BCUT2D eigenvalue weighted by Gasteiger charge is -2.16. The highest BCUT2D eigenvalue weighted by molar-refractivity contribution is 5.80. The Bertz CT molecular complexity index is 958. The van der Waals surface area contributed by atoms with Crippen molar-refractivity contribution in [2.24, 2.45) is 0 Å². The molecule has 3 rings (SSSR count). The maximum Gasteiger partial charge on any atom is 0.222 e. The van der Waals surface area contributed by atoms with E-state index in [0.29, 0.717) is 11.8 Å². The fourth-order valence-electron chi connectivity index (χ4n) is 3.34. The molecule has 0 fully saturated rings. The van der Waals surface area contributed by atoms with Crippen molar-refractivity contribution in [1.82, 2.24) is 19.5 Å². The van der Waals surface area contributed by atoms with Crippen molar-refractivity contribution in [1.29, 1.82) is 0 Å². The highest BCUT2D eigenvalue weighted by atomic mass is 16.5. The zero-order valence-corrected chi connectivity index (χ0v) is 16.9. The van der Waals surface area contributed by atoms with Crippen molar-refractivity contribution in [2.75, 3.05) is 13.7 Å². The first kappa shape index (κ1) is 19.3. The Kier molecular flexibility index (Phi) is 5.46. The van der Waals surface area contributed by atoms with Crippen LogP contribution in [-0.4, -0.2) is 38.3 Å². The van der Waals surface area contributed by atoms with Gasteiger partial charge >= 0.3 is 0 Å². The summed E-state index contributed by atoms with van der Waals surface area (Å²) in [5.74, 6) is 0.889. The van der Waals surface area contributed by atoms with E-state index in [1.54, 1.807) is 7.11 Å². The quantitative estimate of drug-likeness (QED) is 0.706. The van der Waals surface area contributed by atoms with Crippen LogP contribution in [0.15, 0.2) is 18.3 Å². The van der Waals surface area contributed by atoms with Crippen LogP contribution in [0, 0.1) is 13.8 Å².